The van der Waals surface area contributed by atoms with Gasteiger partial charge in [0.25, 0.3) is 5.91 Å². The highest BCUT2D eigenvalue weighted by molar-refractivity contribution is 5.96. The number of hydrogen-bond acceptors (Lipinski definition) is 3. The molecule has 3 N–H and O–H groups in total. The zero-order chi connectivity index (χ0) is 14.7. The Balaban J connectivity index is 2.02. The summed E-state index contributed by atoms with van der Waals surface area (Å²) in [4.78, 5) is 12.1. The fraction of sp³-hybridized carbons (Fsp3) is 0.333. The molecule has 1 amide bonds. The minimum absolute atomic E-state index is 0.174. The highest BCUT2D eigenvalue weighted by Gasteiger charge is 2.17. The predicted octanol–water partition coefficient (Wildman–Crippen LogP) is 1.80. The van der Waals surface area contributed by atoms with Gasteiger partial charge in [-0.3, -0.25) is 9.89 Å². The quantitative estimate of drug-likeness (QED) is 0.795. The molecule has 0 spiro atoms. The number of aliphatic hydroxyl groups is 1. The topological polar surface area (TPSA) is 78.0 Å². The predicted molar refractivity (Wildman–Crippen MR) is 76.5 cm³/mol. The van der Waals surface area contributed by atoms with Crippen molar-refractivity contribution in [1.29, 1.82) is 0 Å². The molecule has 2 rings (SSSR count). The summed E-state index contributed by atoms with van der Waals surface area (Å²) in [6.07, 6.45) is -0.715. The molecule has 0 saturated heterocycles. The van der Waals surface area contributed by atoms with Crippen LogP contribution in [0.25, 0.3) is 0 Å². The molecule has 20 heavy (non-hydrogen) atoms. The van der Waals surface area contributed by atoms with Crippen LogP contribution in [0.2, 0.25) is 0 Å². The molecule has 0 bridgehead atoms. The van der Waals surface area contributed by atoms with Crippen molar-refractivity contribution in [3.05, 3.63) is 52.3 Å². The largest absolute Gasteiger partial charge is 0.387 e. The van der Waals surface area contributed by atoms with Crippen molar-refractivity contribution in [2.24, 2.45) is 0 Å². The lowest BCUT2D eigenvalue weighted by Crippen LogP contribution is -2.29. The number of aliphatic hydroxyl groups excluding tert-OH is 1. The lowest BCUT2D eigenvalue weighted by Gasteiger charge is -2.14. The molecule has 0 radical (unpaired) electrons. The van der Waals surface area contributed by atoms with E-state index in [2.05, 4.69) is 15.5 Å². The molecule has 1 atom stereocenters. The number of H-pyrrole nitrogens is 1. The van der Waals surface area contributed by atoms with E-state index >= 15 is 0 Å². The lowest BCUT2D eigenvalue weighted by molar-refractivity contribution is 0.0914. The second-order valence-corrected chi connectivity index (χ2v) is 4.89. The number of carbonyl (C=O) groups excluding carboxylic acids is 1. The average Bonchev–Trinajstić information content (AvgIpc) is 2.76. The van der Waals surface area contributed by atoms with E-state index in [1.165, 1.54) is 0 Å². The van der Waals surface area contributed by atoms with Crippen molar-refractivity contribution in [3.63, 3.8) is 0 Å². The number of aromatic amines is 1. The van der Waals surface area contributed by atoms with Gasteiger partial charge < -0.3 is 10.4 Å². The number of rotatable bonds is 4. The van der Waals surface area contributed by atoms with E-state index in [1.54, 1.807) is 13.8 Å². The second kappa shape index (κ2) is 5.88. The zero-order valence-corrected chi connectivity index (χ0v) is 11.9. The van der Waals surface area contributed by atoms with Crippen LogP contribution in [0.1, 0.15) is 39.0 Å². The summed E-state index contributed by atoms with van der Waals surface area (Å²) in [6.45, 7) is 5.68. The molecule has 1 aromatic carbocycles. The van der Waals surface area contributed by atoms with E-state index in [4.69, 9.17) is 0 Å². The van der Waals surface area contributed by atoms with Crippen molar-refractivity contribution in [1.82, 2.24) is 15.5 Å². The molecule has 0 fully saturated rings. The molecule has 2 aromatic rings. The maximum Gasteiger partial charge on any atom is 0.255 e. The first kappa shape index (κ1) is 14.3. The number of aryl methyl sites for hydroxylation is 3. The third-order valence-corrected chi connectivity index (χ3v) is 3.36. The SMILES string of the molecule is Cc1ccccc1C(O)CNC(=O)c1c(C)n[nH]c1C. The third-order valence-electron chi connectivity index (χ3n) is 3.36. The molecular weight excluding hydrogens is 254 g/mol. The van der Waals surface area contributed by atoms with Crippen LogP contribution in [-0.4, -0.2) is 27.8 Å². The van der Waals surface area contributed by atoms with Crippen molar-refractivity contribution < 1.29 is 9.90 Å². The van der Waals surface area contributed by atoms with Crippen molar-refractivity contribution in [2.45, 2.75) is 26.9 Å². The summed E-state index contributed by atoms with van der Waals surface area (Å²) in [5, 5.41) is 19.7. The minimum atomic E-state index is -0.715. The van der Waals surface area contributed by atoms with Gasteiger partial charge in [-0.2, -0.15) is 5.10 Å². The fourth-order valence-electron chi connectivity index (χ4n) is 2.23. The highest BCUT2D eigenvalue weighted by atomic mass is 16.3. The van der Waals surface area contributed by atoms with Gasteiger partial charge in [0.15, 0.2) is 0 Å². The molecule has 1 heterocycles. The van der Waals surface area contributed by atoms with Crippen molar-refractivity contribution in [2.75, 3.05) is 6.54 Å². The van der Waals surface area contributed by atoms with Crippen LogP contribution in [0.5, 0.6) is 0 Å². The number of aromatic nitrogens is 2. The van der Waals surface area contributed by atoms with Gasteiger partial charge in [-0.15, -0.1) is 0 Å². The Bertz CT molecular complexity index is 600. The van der Waals surface area contributed by atoms with Crippen LogP contribution in [0.4, 0.5) is 0 Å². The van der Waals surface area contributed by atoms with Crippen LogP contribution in [-0.2, 0) is 0 Å². The van der Waals surface area contributed by atoms with E-state index in [0.717, 1.165) is 16.8 Å². The van der Waals surface area contributed by atoms with Gasteiger partial charge in [0.2, 0.25) is 0 Å². The van der Waals surface area contributed by atoms with E-state index in [0.29, 0.717) is 11.3 Å². The first-order chi connectivity index (χ1) is 9.50. The summed E-state index contributed by atoms with van der Waals surface area (Å²) >= 11 is 0. The van der Waals surface area contributed by atoms with Crippen LogP contribution >= 0.6 is 0 Å². The average molecular weight is 273 g/mol. The van der Waals surface area contributed by atoms with Gasteiger partial charge >= 0.3 is 0 Å². The molecule has 0 aliphatic carbocycles. The third kappa shape index (κ3) is 2.88. The normalized spacial score (nSPS) is 12.2. The number of nitrogens with one attached hydrogen (secondary N) is 2. The Morgan fingerprint density at radius 2 is 2.05 bits per heavy atom. The highest BCUT2D eigenvalue weighted by Crippen LogP contribution is 2.16. The molecule has 1 aromatic heterocycles. The van der Waals surface area contributed by atoms with Gasteiger partial charge in [-0.25, -0.2) is 0 Å². The molecule has 0 aliphatic heterocycles. The van der Waals surface area contributed by atoms with Crippen LogP contribution in [0.15, 0.2) is 24.3 Å². The number of hydrogen-bond donors (Lipinski definition) is 3. The molecule has 1 unspecified atom stereocenters. The van der Waals surface area contributed by atoms with Gasteiger partial charge in [-0.05, 0) is 31.9 Å². The van der Waals surface area contributed by atoms with Gasteiger partial charge in [0.1, 0.15) is 0 Å². The first-order valence-corrected chi connectivity index (χ1v) is 6.54. The molecule has 5 nitrogen and oxygen atoms in total. The summed E-state index contributed by atoms with van der Waals surface area (Å²) < 4.78 is 0. The maximum atomic E-state index is 12.1. The Morgan fingerprint density at radius 3 is 2.65 bits per heavy atom. The Labute approximate surface area is 118 Å². The Kier molecular flexibility index (Phi) is 4.20. The molecule has 106 valence electrons. The molecular formula is C15H19N3O2. The minimum Gasteiger partial charge on any atom is -0.387 e. The second-order valence-electron chi connectivity index (χ2n) is 4.89. The summed E-state index contributed by atoms with van der Waals surface area (Å²) in [5.41, 5.74) is 3.76. The summed E-state index contributed by atoms with van der Waals surface area (Å²) in [7, 11) is 0. The Morgan fingerprint density at radius 1 is 1.35 bits per heavy atom. The van der Waals surface area contributed by atoms with Gasteiger partial charge in [0, 0.05) is 12.2 Å². The standard InChI is InChI=1S/C15H19N3O2/c1-9-6-4-5-7-12(9)13(19)8-16-15(20)14-10(2)17-18-11(14)3/h4-7,13,19H,8H2,1-3H3,(H,16,20)(H,17,18). The van der Waals surface area contributed by atoms with E-state index in [9.17, 15) is 9.90 Å². The smallest absolute Gasteiger partial charge is 0.255 e. The van der Waals surface area contributed by atoms with Crippen LogP contribution in [0, 0.1) is 20.8 Å². The van der Waals surface area contributed by atoms with E-state index in [1.807, 2.05) is 31.2 Å². The lowest BCUT2D eigenvalue weighted by atomic mass is 10.0. The van der Waals surface area contributed by atoms with Crippen molar-refractivity contribution >= 4 is 5.91 Å². The molecule has 0 aliphatic rings. The summed E-state index contributed by atoms with van der Waals surface area (Å²) in [6, 6.07) is 7.59. The number of carbonyl (C=O) groups is 1. The summed E-state index contributed by atoms with van der Waals surface area (Å²) in [5.74, 6) is -0.221. The fourth-order valence-corrected chi connectivity index (χ4v) is 2.23. The number of amides is 1. The van der Waals surface area contributed by atoms with E-state index in [-0.39, 0.29) is 12.5 Å². The molecule has 5 heteroatoms. The van der Waals surface area contributed by atoms with Gasteiger partial charge in [0.05, 0.1) is 17.4 Å². The van der Waals surface area contributed by atoms with Crippen molar-refractivity contribution in [3.8, 4) is 0 Å². The van der Waals surface area contributed by atoms with Crippen LogP contribution < -0.4 is 5.32 Å². The van der Waals surface area contributed by atoms with Crippen LogP contribution in [0.3, 0.4) is 0 Å². The van der Waals surface area contributed by atoms with Gasteiger partial charge in [-0.1, -0.05) is 24.3 Å². The maximum absolute atomic E-state index is 12.1. The van der Waals surface area contributed by atoms with E-state index < -0.39 is 6.10 Å². The number of nitrogens with zero attached hydrogens (tertiary/aromatic N) is 1. The Hall–Kier alpha value is -2.14. The monoisotopic (exact) mass is 273 g/mol. The first-order valence-electron chi connectivity index (χ1n) is 6.54. The number of benzene rings is 1. The zero-order valence-electron chi connectivity index (χ0n) is 11.9. The molecule has 0 saturated carbocycles.